The summed E-state index contributed by atoms with van der Waals surface area (Å²) in [5.74, 6) is -0.999. The number of carbonyl (C=O) groups is 1. The van der Waals surface area contributed by atoms with Crippen LogP contribution in [0.15, 0.2) is 60.7 Å². The van der Waals surface area contributed by atoms with Crippen molar-refractivity contribution in [1.82, 2.24) is 0 Å². The molecule has 0 aliphatic heterocycles. The molecular weight excluding hydrogens is 270 g/mol. The number of fused-ring (bicyclic) bond motifs is 1. The van der Waals surface area contributed by atoms with E-state index in [9.17, 15) is 13.6 Å². The molecule has 3 heteroatoms. The largest absolute Gasteiger partial charge is 0.294 e. The molecule has 0 N–H and O–H groups in total. The van der Waals surface area contributed by atoms with Crippen molar-refractivity contribution in [3.8, 4) is 0 Å². The van der Waals surface area contributed by atoms with E-state index >= 15 is 0 Å². The first kappa shape index (κ1) is 13.4. The van der Waals surface area contributed by atoms with Crippen LogP contribution < -0.4 is 0 Å². The number of benzene rings is 3. The molecule has 0 fully saturated rings. The van der Waals surface area contributed by atoms with Crippen molar-refractivity contribution in [3.63, 3.8) is 0 Å². The van der Waals surface area contributed by atoms with Gasteiger partial charge < -0.3 is 0 Å². The maximum atomic E-state index is 13.7. The maximum Gasteiger partial charge on any atom is 0.167 e. The Hall–Kier alpha value is -2.55. The maximum absolute atomic E-state index is 13.7. The van der Waals surface area contributed by atoms with Crippen LogP contribution in [0.3, 0.4) is 0 Å². The minimum absolute atomic E-state index is 0.0394. The van der Waals surface area contributed by atoms with Crippen molar-refractivity contribution in [2.45, 2.75) is 6.42 Å². The molecule has 0 aromatic heterocycles. The highest BCUT2D eigenvalue weighted by atomic mass is 19.1. The van der Waals surface area contributed by atoms with Gasteiger partial charge in [-0.05, 0) is 29.1 Å². The minimum Gasteiger partial charge on any atom is -0.294 e. The fourth-order valence-corrected chi connectivity index (χ4v) is 2.42. The first-order valence-corrected chi connectivity index (χ1v) is 6.60. The number of rotatable bonds is 3. The lowest BCUT2D eigenvalue weighted by Gasteiger charge is -2.07. The third-order valence-electron chi connectivity index (χ3n) is 3.48. The lowest BCUT2D eigenvalue weighted by molar-refractivity contribution is 0.0993. The van der Waals surface area contributed by atoms with Crippen molar-refractivity contribution in [1.29, 1.82) is 0 Å². The van der Waals surface area contributed by atoms with Gasteiger partial charge in [0.25, 0.3) is 0 Å². The zero-order chi connectivity index (χ0) is 14.8. The van der Waals surface area contributed by atoms with Crippen LogP contribution in [0, 0.1) is 11.6 Å². The van der Waals surface area contributed by atoms with E-state index in [-0.39, 0.29) is 18.0 Å². The van der Waals surface area contributed by atoms with Crippen molar-refractivity contribution in [2.75, 3.05) is 0 Å². The monoisotopic (exact) mass is 282 g/mol. The molecular formula is C18H12F2O. The summed E-state index contributed by atoms with van der Waals surface area (Å²) in [6, 6.07) is 15.7. The molecule has 0 aliphatic carbocycles. The molecule has 0 unspecified atom stereocenters. The fraction of sp³-hybridized carbons (Fsp3) is 0.0556. The van der Waals surface area contributed by atoms with Gasteiger partial charge in [0.15, 0.2) is 5.78 Å². The summed E-state index contributed by atoms with van der Waals surface area (Å²) in [7, 11) is 0. The van der Waals surface area contributed by atoms with E-state index in [1.807, 2.05) is 0 Å². The molecule has 3 rings (SSSR count). The molecule has 1 nitrogen and oxygen atoms in total. The van der Waals surface area contributed by atoms with Crippen LogP contribution >= 0.6 is 0 Å². The lowest BCUT2D eigenvalue weighted by atomic mass is 9.97. The summed E-state index contributed by atoms with van der Waals surface area (Å²) in [4.78, 5) is 12.4. The Morgan fingerprint density at radius 3 is 2.19 bits per heavy atom. The van der Waals surface area contributed by atoms with Gasteiger partial charge in [-0.3, -0.25) is 4.79 Å². The molecule has 0 atom stereocenters. The summed E-state index contributed by atoms with van der Waals surface area (Å²) < 4.78 is 27.4. The minimum atomic E-state index is -0.405. The van der Waals surface area contributed by atoms with Crippen molar-refractivity contribution in [3.05, 3.63) is 83.4 Å². The lowest BCUT2D eigenvalue weighted by Crippen LogP contribution is -2.06. The predicted octanol–water partition coefficient (Wildman–Crippen LogP) is 4.54. The van der Waals surface area contributed by atoms with Crippen LogP contribution in [0.1, 0.15) is 15.9 Å². The van der Waals surface area contributed by atoms with E-state index < -0.39 is 5.82 Å². The molecule has 0 bridgehead atoms. The zero-order valence-electron chi connectivity index (χ0n) is 11.1. The summed E-state index contributed by atoms with van der Waals surface area (Å²) in [6.45, 7) is 0. The van der Waals surface area contributed by atoms with E-state index in [0.717, 1.165) is 0 Å². The smallest absolute Gasteiger partial charge is 0.167 e. The summed E-state index contributed by atoms with van der Waals surface area (Å²) >= 11 is 0. The SMILES string of the molecule is O=C(Cc1ccccc1F)c1ccc(F)c2ccccc12. The van der Waals surface area contributed by atoms with E-state index in [0.29, 0.717) is 21.9 Å². The Bertz CT molecular complexity index is 824. The van der Waals surface area contributed by atoms with E-state index in [1.54, 1.807) is 42.5 Å². The van der Waals surface area contributed by atoms with Crippen LogP contribution in [0.4, 0.5) is 8.78 Å². The molecule has 0 aliphatic rings. The average molecular weight is 282 g/mol. The Kier molecular flexibility index (Phi) is 3.48. The Balaban J connectivity index is 2.03. The summed E-state index contributed by atoms with van der Waals surface area (Å²) in [6.07, 6.45) is -0.0394. The first-order chi connectivity index (χ1) is 10.2. The van der Waals surface area contributed by atoms with Gasteiger partial charge >= 0.3 is 0 Å². The highest BCUT2D eigenvalue weighted by molar-refractivity contribution is 6.09. The Morgan fingerprint density at radius 1 is 0.762 bits per heavy atom. The van der Waals surface area contributed by atoms with Crippen LogP contribution in [-0.2, 0) is 6.42 Å². The second kappa shape index (κ2) is 5.44. The second-order valence-corrected chi connectivity index (χ2v) is 4.83. The van der Waals surface area contributed by atoms with Crippen LogP contribution in [0.5, 0.6) is 0 Å². The topological polar surface area (TPSA) is 17.1 Å². The fourth-order valence-electron chi connectivity index (χ4n) is 2.42. The van der Waals surface area contributed by atoms with Crippen LogP contribution in [0.25, 0.3) is 10.8 Å². The van der Waals surface area contributed by atoms with Crippen molar-refractivity contribution >= 4 is 16.6 Å². The quantitative estimate of drug-likeness (QED) is 0.644. The van der Waals surface area contributed by atoms with Crippen LogP contribution in [0.2, 0.25) is 0 Å². The Labute approximate surface area is 120 Å². The van der Waals surface area contributed by atoms with Gasteiger partial charge in [-0.25, -0.2) is 8.78 Å². The van der Waals surface area contributed by atoms with Crippen molar-refractivity contribution in [2.24, 2.45) is 0 Å². The van der Waals surface area contributed by atoms with Gasteiger partial charge in [0.1, 0.15) is 11.6 Å². The number of hydrogen-bond donors (Lipinski definition) is 0. The van der Waals surface area contributed by atoms with E-state index in [1.165, 1.54) is 18.2 Å². The third kappa shape index (κ3) is 2.55. The number of ketones is 1. The normalized spacial score (nSPS) is 10.8. The van der Waals surface area contributed by atoms with Gasteiger partial charge in [0.05, 0.1) is 0 Å². The number of halogens is 2. The molecule has 0 amide bonds. The molecule has 3 aromatic carbocycles. The highest BCUT2D eigenvalue weighted by Gasteiger charge is 2.14. The van der Waals surface area contributed by atoms with Gasteiger partial charge in [-0.15, -0.1) is 0 Å². The number of carbonyl (C=O) groups excluding carboxylic acids is 1. The number of Topliss-reactive ketones (excluding diaryl/α,β-unsaturated/α-hetero) is 1. The van der Waals surface area contributed by atoms with Gasteiger partial charge in [-0.2, -0.15) is 0 Å². The average Bonchev–Trinajstić information content (AvgIpc) is 2.50. The molecule has 0 radical (unpaired) electrons. The predicted molar refractivity (Wildman–Crippen MR) is 78.3 cm³/mol. The molecule has 21 heavy (non-hydrogen) atoms. The standard InChI is InChI=1S/C18H12F2O/c19-16-8-4-1-5-12(16)11-18(21)15-9-10-17(20)14-7-3-2-6-13(14)15/h1-10H,11H2. The van der Waals surface area contributed by atoms with E-state index in [4.69, 9.17) is 0 Å². The highest BCUT2D eigenvalue weighted by Crippen LogP contribution is 2.23. The number of hydrogen-bond acceptors (Lipinski definition) is 1. The summed E-state index contributed by atoms with van der Waals surface area (Å²) in [5.41, 5.74) is 0.756. The van der Waals surface area contributed by atoms with Gasteiger partial charge in [-0.1, -0.05) is 42.5 Å². The first-order valence-electron chi connectivity index (χ1n) is 6.60. The second-order valence-electron chi connectivity index (χ2n) is 4.83. The third-order valence-corrected chi connectivity index (χ3v) is 3.48. The van der Waals surface area contributed by atoms with Crippen molar-refractivity contribution < 1.29 is 13.6 Å². The van der Waals surface area contributed by atoms with Crippen LogP contribution in [-0.4, -0.2) is 5.78 Å². The molecule has 104 valence electrons. The molecule has 0 heterocycles. The van der Waals surface area contributed by atoms with Gasteiger partial charge in [0, 0.05) is 17.4 Å². The summed E-state index contributed by atoms with van der Waals surface area (Å²) in [5, 5.41) is 0.954. The molecule has 0 spiro atoms. The molecule has 0 saturated heterocycles. The Morgan fingerprint density at radius 2 is 1.43 bits per heavy atom. The molecule has 0 saturated carbocycles. The van der Waals surface area contributed by atoms with Gasteiger partial charge in [0.2, 0.25) is 0 Å². The zero-order valence-corrected chi connectivity index (χ0v) is 11.1. The van der Waals surface area contributed by atoms with E-state index in [2.05, 4.69) is 0 Å². The molecule has 3 aromatic rings.